The number of amides is 1. The molecule has 0 aliphatic heterocycles. The smallest absolute Gasteiger partial charge is 0.339 e. The Balaban J connectivity index is 1.75. The number of nitrogens with zero attached hydrogens (tertiary/aromatic N) is 2. The second-order valence-corrected chi connectivity index (χ2v) is 6.80. The molecule has 1 saturated carbocycles. The zero-order valence-corrected chi connectivity index (χ0v) is 15.4. The van der Waals surface area contributed by atoms with E-state index >= 15 is 0 Å². The summed E-state index contributed by atoms with van der Waals surface area (Å²) in [5, 5.41) is 2.89. The molecule has 1 N–H and O–H groups in total. The van der Waals surface area contributed by atoms with E-state index < -0.39 is 5.97 Å². The van der Waals surface area contributed by atoms with Crippen LogP contribution in [0.1, 0.15) is 54.1 Å². The number of carbonyl (C=O) groups is 2. The van der Waals surface area contributed by atoms with Gasteiger partial charge in [0.05, 0.1) is 30.6 Å². The first-order chi connectivity index (χ1) is 12.6. The third-order valence-electron chi connectivity index (χ3n) is 4.99. The Hall–Kier alpha value is -2.63. The van der Waals surface area contributed by atoms with Crippen LogP contribution < -0.4 is 10.00 Å². The lowest BCUT2D eigenvalue weighted by Gasteiger charge is -2.21. The summed E-state index contributed by atoms with van der Waals surface area (Å²) in [4.78, 5) is 24.6. The standard InChI is InChI=1S/C20H25N3O3/c1-15-8-6-11-17(20(25)26-2)19(15)21-18(24)14-22-12-7-13-23(22)16-9-4-3-5-10-16/h6-8,11-13,16H,3-5,9-10,14H2,1-2H3/p+1. The molecule has 0 bridgehead atoms. The molecular formula is C20H26N3O3+. The average Bonchev–Trinajstić information content (AvgIpc) is 3.11. The van der Waals surface area contributed by atoms with E-state index in [2.05, 4.69) is 10.00 Å². The lowest BCUT2D eigenvalue weighted by atomic mass is 9.96. The minimum Gasteiger partial charge on any atom is -0.465 e. The van der Waals surface area contributed by atoms with Crippen molar-refractivity contribution in [3.63, 3.8) is 0 Å². The molecule has 2 aromatic rings. The number of hydrogen-bond donors (Lipinski definition) is 1. The Bertz CT molecular complexity index is 791. The van der Waals surface area contributed by atoms with Gasteiger partial charge in [0, 0.05) is 6.07 Å². The largest absolute Gasteiger partial charge is 0.465 e. The Morgan fingerprint density at radius 2 is 2.00 bits per heavy atom. The molecule has 1 fully saturated rings. The summed E-state index contributed by atoms with van der Waals surface area (Å²) < 4.78 is 8.93. The van der Waals surface area contributed by atoms with Crippen LogP contribution in [0.15, 0.2) is 36.7 Å². The van der Waals surface area contributed by atoms with Crippen molar-refractivity contribution in [2.75, 3.05) is 12.4 Å². The average molecular weight is 356 g/mol. The van der Waals surface area contributed by atoms with Gasteiger partial charge >= 0.3 is 5.97 Å². The summed E-state index contributed by atoms with van der Waals surface area (Å²) in [5.41, 5.74) is 1.71. The van der Waals surface area contributed by atoms with Crippen LogP contribution in [0, 0.1) is 6.92 Å². The summed E-state index contributed by atoms with van der Waals surface area (Å²) in [5.74, 6) is -0.618. The Morgan fingerprint density at radius 3 is 2.73 bits per heavy atom. The maximum absolute atomic E-state index is 12.6. The molecule has 6 nitrogen and oxygen atoms in total. The van der Waals surface area contributed by atoms with E-state index in [9.17, 15) is 9.59 Å². The van der Waals surface area contributed by atoms with Gasteiger partial charge in [0.25, 0.3) is 5.91 Å². The third kappa shape index (κ3) is 3.95. The molecular weight excluding hydrogens is 330 g/mol. The molecule has 138 valence electrons. The van der Waals surface area contributed by atoms with Crippen molar-refractivity contribution >= 4 is 17.6 Å². The summed E-state index contributed by atoms with van der Waals surface area (Å²) in [6.07, 6.45) is 10.0. The van der Waals surface area contributed by atoms with Crippen molar-refractivity contribution in [1.29, 1.82) is 0 Å². The fraction of sp³-hybridized carbons (Fsp3) is 0.450. The number of methoxy groups -OCH3 is 1. The quantitative estimate of drug-likeness (QED) is 0.662. The van der Waals surface area contributed by atoms with Crippen molar-refractivity contribution in [2.45, 2.75) is 51.6 Å². The highest BCUT2D eigenvalue weighted by Crippen LogP contribution is 2.26. The van der Waals surface area contributed by atoms with E-state index in [-0.39, 0.29) is 12.5 Å². The number of ether oxygens (including phenoxy) is 1. The van der Waals surface area contributed by atoms with Gasteiger partial charge in [-0.05, 0) is 31.4 Å². The molecule has 26 heavy (non-hydrogen) atoms. The number of hydrogen-bond acceptors (Lipinski definition) is 3. The Labute approximate surface area is 153 Å². The molecule has 1 aliphatic carbocycles. The van der Waals surface area contributed by atoms with Crippen LogP contribution in [0.4, 0.5) is 5.69 Å². The lowest BCUT2D eigenvalue weighted by molar-refractivity contribution is -0.767. The molecule has 1 heterocycles. The van der Waals surface area contributed by atoms with E-state index in [0.717, 1.165) is 18.4 Å². The third-order valence-corrected chi connectivity index (χ3v) is 4.99. The Kier molecular flexibility index (Phi) is 5.71. The van der Waals surface area contributed by atoms with E-state index in [1.54, 1.807) is 12.1 Å². The van der Waals surface area contributed by atoms with Crippen molar-refractivity contribution in [3.05, 3.63) is 47.8 Å². The summed E-state index contributed by atoms with van der Waals surface area (Å²) >= 11 is 0. The van der Waals surface area contributed by atoms with E-state index in [1.807, 2.05) is 36.1 Å². The lowest BCUT2D eigenvalue weighted by Crippen LogP contribution is -2.48. The van der Waals surface area contributed by atoms with Crippen LogP contribution in [0.5, 0.6) is 0 Å². The molecule has 0 spiro atoms. The van der Waals surface area contributed by atoms with Crippen molar-refractivity contribution in [3.8, 4) is 0 Å². The fourth-order valence-electron chi connectivity index (χ4n) is 3.64. The molecule has 1 amide bonds. The first kappa shape index (κ1) is 18.2. The van der Waals surface area contributed by atoms with Crippen molar-refractivity contribution in [2.24, 2.45) is 0 Å². The van der Waals surface area contributed by atoms with Gasteiger partial charge in [-0.3, -0.25) is 4.79 Å². The van der Waals surface area contributed by atoms with Gasteiger partial charge in [-0.1, -0.05) is 31.4 Å². The highest BCUT2D eigenvalue weighted by molar-refractivity contribution is 6.01. The van der Waals surface area contributed by atoms with Gasteiger partial charge in [-0.2, -0.15) is 4.68 Å². The summed E-state index contributed by atoms with van der Waals surface area (Å²) in [6.45, 7) is 2.07. The second kappa shape index (κ2) is 8.17. The fourth-order valence-corrected chi connectivity index (χ4v) is 3.64. The SMILES string of the molecule is COC(=O)c1cccc(C)c1NC(=O)C[n+]1cccn1C1CCCCC1. The molecule has 0 saturated heterocycles. The minimum atomic E-state index is -0.456. The molecule has 0 radical (unpaired) electrons. The maximum atomic E-state index is 12.6. The van der Waals surface area contributed by atoms with Gasteiger partial charge in [0.2, 0.25) is 6.54 Å². The summed E-state index contributed by atoms with van der Waals surface area (Å²) in [6, 6.07) is 7.72. The van der Waals surface area contributed by atoms with Gasteiger partial charge in [0.15, 0.2) is 6.20 Å². The minimum absolute atomic E-state index is 0.162. The van der Waals surface area contributed by atoms with Crippen LogP contribution in [0.3, 0.4) is 0 Å². The van der Waals surface area contributed by atoms with E-state index in [4.69, 9.17) is 4.74 Å². The van der Waals surface area contributed by atoms with Gasteiger partial charge in [-0.25, -0.2) is 4.79 Å². The predicted octanol–water partition coefficient (Wildman–Crippen LogP) is 3.01. The van der Waals surface area contributed by atoms with Crippen LogP contribution in [-0.2, 0) is 16.1 Å². The molecule has 0 atom stereocenters. The second-order valence-electron chi connectivity index (χ2n) is 6.80. The molecule has 1 aromatic heterocycles. The maximum Gasteiger partial charge on any atom is 0.339 e. The molecule has 1 aliphatic rings. The predicted molar refractivity (Wildman–Crippen MR) is 97.9 cm³/mol. The van der Waals surface area contributed by atoms with Crippen LogP contribution in [0.25, 0.3) is 0 Å². The number of nitrogens with one attached hydrogen (secondary N) is 1. The normalized spacial score (nSPS) is 14.8. The van der Waals surface area contributed by atoms with E-state index in [1.165, 1.54) is 26.4 Å². The number of anilines is 1. The van der Waals surface area contributed by atoms with Gasteiger partial charge in [0.1, 0.15) is 0 Å². The van der Waals surface area contributed by atoms with Gasteiger partial charge < -0.3 is 10.1 Å². The highest BCUT2D eigenvalue weighted by Gasteiger charge is 2.24. The molecule has 6 heteroatoms. The van der Waals surface area contributed by atoms with Crippen LogP contribution in [-0.4, -0.2) is 23.7 Å². The van der Waals surface area contributed by atoms with Crippen molar-refractivity contribution in [1.82, 2.24) is 4.68 Å². The number of aryl methyl sites for hydroxylation is 1. The monoisotopic (exact) mass is 356 g/mol. The molecule has 0 unspecified atom stereocenters. The first-order valence-electron chi connectivity index (χ1n) is 9.14. The number of carbonyl (C=O) groups excluding carboxylic acids is 2. The van der Waals surface area contributed by atoms with Crippen molar-refractivity contribution < 1.29 is 19.0 Å². The van der Waals surface area contributed by atoms with E-state index in [0.29, 0.717) is 17.3 Å². The number of benzene rings is 1. The molecule has 1 aromatic carbocycles. The topological polar surface area (TPSA) is 64.2 Å². The number of esters is 1. The highest BCUT2D eigenvalue weighted by atomic mass is 16.5. The molecule has 3 rings (SSSR count). The zero-order chi connectivity index (χ0) is 18.5. The number of aromatic nitrogens is 2. The number of rotatable bonds is 5. The van der Waals surface area contributed by atoms with Crippen LogP contribution >= 0.6 is 0 Å². The zero-order valence-electron chi connectivity index (χ0n) is 15.4. The van der Waals surface area contributed by atoms with Crippen LogP contribution in [0.2, 0.25) is 0 Å². The first-order valence-corrected chi connectivity index (χ1v) is 9.14. The van der Waals surface area contributed by atoms with Gasteiger partial charge in [-0.15, -0.1) is 4.68 Å². The summed E-state index contributed by atoms with van der Waals surface area (Å²) in [7, 11) is 1.34. The number of para-hydroxylation sites is 1. The Morgan fingerprint density at radius 1 is 1.23 bits per heavy atom.